The molecule has 2 aromatic rings. The summed E-state index contributed by atoms with van der Waals surface area (Å²) >= 11 is 0. The molecule has 0 bridgehead atoms. The van der Waals surface area contributed by atoms with Gasteiger partial charge in [0.15, 0.2) is 0 Å². The van der Waals surface area contributed by atoms with E-state index in [-0.39, 0.29) is 5.91 Å². The molecule has 4 nitrogen and oxygen atoms in total. The lowest BCUT2D eigenvalue weighted by Gasteiger charge is -2.16. The molecule has 0 aliphatic rings. The molecule has 106 valence electrons. The summed E-state index contributed by atoms with van der Waals surface area (Å²) in [5.41, 5.74) is 7.67. The van der Waals surface area contributed by atoms with E-state index < -0.39 is 0 Å². The average molecular weight is 279 g/mol. The quantitative estimate of drug-likeness (QED) is 0.869. The van der Waals surface area contributed by atoms with Gasteiger partial charge in [-0.1, -0.05) is 17.9 Å². The Morgan fingerprint density at radius 2 is 2.00 bits per heavy atom. The first-order valence-corrected chi connectivity index (χ1v) is 6.65. The molecule has 0 saturated carbocycles. The standard InChI is InChI=1S/C17H17N3O/c1-20(13-16-6-2-3-12-19-16)17(21)15-9-7-14(8-10-15)5-4-11-18/h2-3,6-10,12H,11,13,18H2,1H3. The Balaban J connectivity index is 2.05. The first-order chi connectivity index (χ1) is 10.2. The molecule has 0 fully saturated rings. The summed E-state index contributed by atoms with van der Waals surface area (Å²) in [5, 5.41) is 0. The van der Waals surface area contributed by atoms with Crippen molar-refractivity contribution in [3.8, 4) is 11.8 Å². The van der Waals surface area contributed by atoms with Crippen LogP contribution in [0.1, 0.15) is 21.6 Å². The third kappa shape index (κ3) is 4.16. The number of nitrogens with zero attached hydrogens (tertiary/aromatic N) is 2. The van der Waals surface area contributed by atoms with Gasteiger partial charge < -0.3 is 10.6 Å². The Morgan fingerprint density at radius 3 is 2.62 bits per heavy atom. The molecule has 0 spiro atoms. The van der Waals surface area contributed by atoms with Crippen molar-refractivity contribution in [2.24, 2.45) is 5.73 Å². The van der Waals surface area contributed by atoms with Gasteiger partial charge >= 0.3 is 0 Å². The van der Waals surface area contributed by atoms with E-state index in [0.29, 0.717) is 18.7 Å². The summed E-state index contributed by atoms with van der Waals surface area (Å²) in [6.45, 7) is 0.807. The van der Waals surface area contributed by atoms with Crippen molar-refractivity contribution in [2.75, 3.05) is 13.6 Å². The van der Waals surface area contributed by atoms with E-state index in [1.807, 2.05) is 30.3 Å². The zero-order chi connectivity index (χ0) is 15.1. The van der Waals surface area contributed by atoms with Gasteiger partial charge in [-0.15, -0.1) is 0 Å². The second kappa shape index (κ2) is 7.22. The molecule has 1 aromatic heterocycles. The highest BCUT2D eigenvalue weighted by Gasteiger charge is 2.12. The van der Waals surface area contributed by atoms with E-state index in [9.17, 15) is 4.79 Å². The Kier molecular flexibility index (Phi) is 5.08. The molecule has 0 aliphatic heterocycles. The number of pyridine rings is 1. The normalized spacial score (nSPS) is 9.62. The summed E-state index contributed by atoms with van der Waals surface area (Å²) < 4.78 is 0. The molecule has 1 heterocycles. The predicted octanol–water partition coefficient (Wildman–Crippen LogP) is 1.66. The van der Waals surface area contributed by atoms with Gasteiger partial charge in [-0.05, 0) is 36.4 Å². The second-order valence-electron chi connectivity index (χ2n) is 4.57. The van der Waals surface area contributed by atoms with Crippen LogP contribution in [0.5, 0.6) is 0 Å². The number of benzene rings is 1. The van der Waals surface area contributed by atoms with Crippen molar-refractivity contribution in [1.29, 1.82) is 0 Å². The van der Waals surface area contributed by atoms with E-state index in [1.165, 1.54) is 0 Å². The first-order valence-electron chi connectivity index (χ1n) is 6.65. The van der Waals surface area contributed by atoms with Crippen LogP contribution in [0.3, 0.4) is 0 Å². The molecule has 0 aliphatic carbocycles. The predicted molar refractivity (Wildman–Crippen MR) is 82.4 cm³/mol. The molecule has 0 saturated heterocycles. The number of rotatable bonds is 3. The van der Waals surface area contributed by atoms with Gasteiger partial charge in [0.1, 0.15) is 0 Å². The lowest BCUT2D eigenvalue weighted by atomic mass is 10.1. The van der Waals surface area contributed by atoms with Gasteiger partial charge in [-0.2, -0.15) is 0 Å². The van der Waals surface area contributed by atoms with Crippen LogP contribution in [0.2, 0.25) is 0 Å². The largest absolute Gasteiger partial charge is 0.336 e. The average Bonchev–Trinajstić information content (AvgIpc) is 2.53. The summed E-state index contributed by atoms with van der Waals surface area (Å²) in [5.74, 6) is 5.67. The van der Waals surface area contributed by atoms with Crippen LogP contribution in [-0.4, -0.2) is 29.4 Å². The van der Waals surface area contributed by atoms with Crippen LogP contribution in [0.15, 0.2) is 48.7 Å². The molecule has 21 heavy (non-hydrogen) atoms. The third-order valence-electron chi connectivity index (χ3n) is 2.94. The molecular formula is C17H17N3O. The van der Waals surface area contributed by atoms with Crippen LogP contribution >= 0.6 is 0 Å². The lowest BCUT2D eigenvalue weighted by molar-refractivity contribution is 0.0783. The van der Waals surface area contributed by atoms with E-state index >= 15 is 0 Å². The van der Waals surface area contributed by atoms with E-state index in [0.717, 1.165) is 11.3 Å². The maximum Gasteiger partial charge on any atom is 0.253 e. The van der Waals surface area contributed by atoms with Crippen molar-refractivity contribution in [3.63, 3.8) is 0 Å². The minimum Gasteiger partial charge on any atom is -0.336 e. The minimum atomic E-state index is -0.0426. The highest BCUT2D eigenvalue weighted by molar-refractivity contribution is 5.94. The fourth-order valence-corrected chi connectivity index (χ4v) is 1.88. The van der Waals surface area contributed by atoms with E-state index in [4.69, 9.17) is 5.73 Å². The van der Waals surface area contributed by atoms with E-state index in [1.54, 1.807) is 30.3 Å². The molecule has 0 radical (unpaired) electrons. The number of aromatic nitrogens is 1. The summed E-state index contributed by atoms with van der Waals surface area (Å²) in [6.07, 6.45) is 1.72. The molecular weight excluding hydrogens is 262 g/mol. The van der Waals surface area contributed by atoms with Crippen molar-refractivity contribution in [2.45, 2.75) is 6.54 Å². The number of hydrogen-bond donors (Lipinski definition) is 1. The summed E-state index contributed by atoms with van der Waals surface area (Å²) in [4.78, 5) is 18.2. The maximum absolute atomic E-state index is 12.3. The molecule has 1 aromatic carbocycles. The van der Waals surface area contributed by atoms with Crippen LogP contribution in [0, 0.1) is 11.8 Å². The van der Waals surface area contributed by atoms with Crippen molar-refractivity contribution in [1.82, 2.24) is 9.88 Å². The third-order valence-corrected chi connectivity index (χ3v) is 2.94. The van der Waals surface area contributed by atoms with Crippen LogP contribution in [0.25, 0.3) is 0 Å². The maximum atomic E-state index is 12.3. The number of carbonyl (C=O) groups excluding carboxylic acids is 1. The van der Waals surface area contributed by atoms with Crippen LogP contribution in [0.4, 0.5) is 0 Å². The topological polar surface area (TPSA) is 59.2 Å². The van der Waals surface area contributed by atoms with Gasteiger partial charge in [0, 0.05) is 24.4 Å². The summed E-state index contributed by atoms with van der Waals surface area (Å²) in [7, 11) is 1.76. The zero-order valence-corrected chi connectivity index (χ0v) is 11.9. The van der Waals surface area contributed by atoms with Gasteiger partial charge in [0.05, 0.1) is 18.8 Å². The van der Waals surface area contributed by atoms with E-state index in [2.05, 4.69) is 16.8 Å². The molecule has 2 rings (SSSR count). The molecule has 0 atom stereocenters. The van der Waals surface area contributed by atoms with Crippen LogP contribution in [-0.2, 0) is 6.54 Å². The number of hydrogen-bond acceptors (Lipinski definition) is 3. The highest BCUT2D eigenvalue weighted by atomic mass is 16.2. The van der Waals surface area contributed by atoms with Gasteiger partial charge in [-0.3, -0.25) is 9.78 Å². The number of amides is 1. The van der Waals surface area contributed by atoms with Gasteiger partial charge in [0.2, 0.25) is 0 Å². The van der Waals surface area contributed by atoms with Crippen LogP contribution < -0.4 is 5.73 Å². The highest BCUT2D eigenvalue weighted by Crippen LogP contribution is 2.08. The van der Waals surface area contributed by atoms with Gasteiger partial charge in [0.25, 0.3) is 5.91 Å². The Bertz CT molecular complexity index is 654. The summed E-state index contributed by atoms with van der Waals surface area (Å²) in [6, 6.07) is 12.9. The number of carbonyl (C=O) groups is 1. The number of nitrogens with two attached hydrogens (primary N) is 1. The fraction of sp³-hybridized carbons (Fsp3) is 0.176. The monoisotopic (exact) mass is 279 g/mol. The molecule has 0 unspecified atom stereocenters. The molecule has 2 N–H and O–H groups in total. The second-order valence-corrected chi connectivity index (χ2v) is 4.57. The molecule has 4 heteroatoms. The van der Waals surface area contributed by atoms with Gasteiger partial charge in [-0.25, -0.2) is 0 Å². The Hall–Kier alpha value is -2.64. The Labute approximate surface area is 124 Å². The van der Waals surface area contributed by atoms with Crippen molar-refractivity contribution in [3.05, 3.63) is 65.5 Å². The minimum absolute atomic E-state index is 0.0426. The smallest absolute Gasteiger partial charge is 0.253 e. The zero-order valence-electron chi connectivity index (χ0n) is 11.9. The molecule has 1 amide bonds. The van der Waals surface area contributed by atoms with Crippen molar-refractivity contribution >= 4 is 5.91 Å². The lowest BCUT2D eigenvalue weighted by Crippen LogP contribution is -2.26. The Morgan fingerprint density at radius 1 is 1.24 bits per heavy atom. The SMILES string of the molecule is CN(Cc1ccccn1)C(=O)c1ccc(C#CCN)cc1. The van der Waals surface area contributed by atoms with Crippen molar-refractivity contribution < 1.29 is 4.79 Å². The first kappa shape index (κ1) is 14.8. The fourth-order valence-electron chi connectivity index (χ4n) is 1.88.